The van der Waals surface area contributed by atoms with Gasteiger partial charge >= 0.3 is 0 Å². The third-order valence-electron chi connectivity index (χ3n) is 3.85. The van der Waals surface area contributed by atoms with Crippen molar-refractivity contribution in [2.24, 2.45) is 4.99 Å². The van der Waals surface area contributed by atoms with E-state index >= 15 is 0 Å². The summed E-state index contributed by atoms with van der Waals surface area (Å²) in [6, 6.07) is 2.11. The first kappa shape index (κ1) is 19.4. The number of nitrogens with zero attached hydrogens (tertiary/aromatic N) is 4. The van der Waals surface area contributed by atoms with Crippen LogP contribution in [0.4, 0.5) is 0 Å². The summed E-state index contributed by atoms with van der Waals surface area (Å²) in [5.74, 6) is 0.797. The maximum atomic E-state index is 4.79. The van der Waals surface area contributed by atoms with Crippen LogP contribution in [0, 0.1) is 20.8 Å². The van der Waals surface area contributed by atoms with E-state index in [0.29, 0.717) is 6.54 Å². The molecule has 3 rings (SSSR count). The highest BCUT2D eigenvalue weighted by molar-refractivity contribution is 7.14. The Balaban J connectivity index is 1.95. The number of aromatic nitrogens is 3. The molecule has 5 nitrogen and oxygen atoms in total. The summed E-state index contributed by atoms with van der Waals surface area (Å²) in [7, 11) is 0. The van der Waals surface area contributed by atoms with Gasteiger partial charge in [0, 0.05) is 39.5 Å². The van der Waals surface area contributed by atoms with Crippen molar-refractivity contribution in [3.63, 3.8) is 0 Å². The number of aryl methyl sites for hydroxylation is 3. The minimum atomic E-state index is 0.534. The summed E-state index contributed by atoms with van der Waals surface area (Å²) < 4.78 is 0. The molecule has 0 aliphatic heterocycles. The Kier molecular flexibility index (Phi) is 6.47. The third-order valence-corrected chi connectivity index (χ3v) is 5.63. The number of pyridine rings is 1. The lowest BCUT2D eigenvalue weighted by molar-refractivity contribution is 0.980. The van der Waals surface area contributed by atoms with Crippen LogP contribution in [0.1, 0.15) is 40.2 Å². The zero-order chi connectivity index (χ0) is 19.2. The molecule has 0 atom stereocenters. The van der Waals surface area contributed by atoms with Crippen molar-refractivity contribution in [1.29, 1.82) is 0 Å². The molecule has 0 spiro atoms. The van der Waals surface area contributed by atoms with E-state index in [1.807, 2.05) is 32.4 Å². The second kappa shape index (κ2) is 9.01. The summed E-state index contributed by atoms with van der Waals surface area (Å²) in [5.41, 5.74) is 3.89. The molecule has 0 amide bonds. The molecule has 0 saturated heterocycles. The molecular formula is C20H23N5S2. The molecule has 3 heterocycles. The Morgan fingerprint density at radius 1 is 1.22 bits per heavy atom. The molecular weight excluding hydrogens is 374 g/mol. The second-order valence-corrected chi connectivity index (χ2v) is 8.41. The highest BCUT2D eigenvalue weighted by Crippen LogP contribution is 2.25. The number of hydrogen-bond acceptors (Lipinski definition) is 6. The molecule has 0 aromatic carbocycles. The molecule has 1 N–H and O–H groups in total. The smallest absolute Gasteiger partial charge is 0.134 e. The van der Waals surface area contributed by atoms with E-state index in [4.69, 9.17) is 4.99 Å². The Labute approximate surface area is 168 Å². The summed E-state index contributed by atoms with van der Waals surface area (Å²) in [4.78, 5) is 19.5. The fourth-order valence-electron chi connectivity index (χ4n) is 2.48. The van der Waals surface area contributed by atoms with Crippen LogP contribution in [0.2, 0.25) is 0 Å². The molecule has 0 aliphatic carbocycles. The van der Waals surface area contributed by atoms with E-state index in [0.717, 1.165) is 44.8 Å². The van der Waals surface area contributed by atoms with Gasteiger partial charge in [-0.15, -0.1) is 22.7 Å². The van der Waals surface area contributed by atoms with Gasteiger partial charge in [-0.1, -0.05) is 13.0 Å². The number of aliphatic imine (C=N–C) groups is 1. The number of allylic oxidation sites excluding steroid dienone is 1. The topological polar surface area (TPSA) is 63.1 Å². The summed E-state index contributed by atoms with van der Waals surface area (Å²) in [6.45, 7) is 8.70. The van der Waals surface area contributed by atoms with Crippen molar-refractivity contribution in [3.8, 4) is 10.6 Å². The highest BCUT2D eigenvalue weighted by atomic mass is 32.1. The largest absolute Gasteiger partial charge is 0.347 e. The van der Waals surface area contributed by atoms with Gasteiger partial charge in [0.1, 0.15) is 10.8 Å². The van der Waals surface area contributed by atoms with Gasteiger partial charge in [-0.2, -0.15) is 0 Å². The van der Waals surface area contributed by atoms with Crippen LogP contribution >= 0.6 is 22.7 Å². The first-order valence-corrected chi connectivity index (χ1v) is 10.5. The van der Waals surface area contributed by atoms with Gasteiger partial charge in [-0.25, -0.2) is 9.97 Å². The van der Waals surface area contributed by atoms with Crippen molar-refractivity contribution in [2.75, 3.05) is 0 Å². The molecule has 0 radical (unpaired) electrons. The average molecular weight is 398 g/mol. The monoisotopic (exact) mass is 397 g/mol. The van der Waals surface area contributed by atoms with Crippen LogP contribution in [-0.4, -0.2) is 20.8 Å². The van der Waals surface area contributed by atoms with Crippen molar-refractivity contribution >= 4 is 28.5 Å². The maximum absolute atomic E-state index is 4.79. The number of rotatable bonds is 6. The van der Waals surface area contributed by atoms with Gasteiger partial charge < -0.3 is 5.32 Å². The van der Waals surface area contributed by atoms with Crippen molar-refractivity contribution in [3.05, 3.63) is 63.0 Å². The number of thiazole rings is 2. The lowest BCUT2D eigenvalue weighted by Crippen LogP contribution is -2.21. The lowest BCUT2D eigenvalue weighted by Gasteiger charge is -2.11. The van der Waals surface area contributed by atoms with Gasteiger partial charge in [0.15, 0.2) is 0 Å². The lowest BCUT2D eigenvalue weighted by atomic mass is 10.1. The predicted molar refractivity (Wildman–Crippen MR) is 114 cm³/mol. The quantitative estimate of drug-likeness (QED) is 0.467. The van der Waals surface area contributed by atoms with E-state index < -0.39 is 0 Å². The van der Waals surface area contributed by atoms with Crippen LogP contribution in [0.5, 0.6) is 0 Å². The van der Waals surface area contributed by atoms with Gasteiger partial charge in [-0.3, -0.25) is 9.98 Å². The predicted octanol–water partition coefficient (Wildman–Crippen LogP) is 5.05. The summed E-state index contributed by atoms with van der Waals surface area (Å²) in [5, 5.41) is 7.41. The van der Waals surface area contributed by atoms with Crippen LogP contribution in [0.25, 0.3) is 10.6 Å². The van der Waals surface area contributed by atoms with Crippen LogP contribution < -0.4 is 5.32 Å². The maximum Gasteiger partial charge on any atom is 0.134 e. The minimum absolute atomic E-state index is 0.534. The fourth-order valence-corrected chi connectivity index (χ4v) is 3.83. The Hall–Kier alpha value is -2.38. The highest BCUT2D eigenvalue weighted by Gasteiger charge is 2.12. The van der Waals surface area contributed by atoms with Gasteiger partial charge in [-0.05, 0) is 39.5 Å². The van der Waals surface area contributed by atoms with Crippen molar-refractivity contribution in [2.45, 2.75) is 40.7 Å². The minimum Gasteiger partial charge on any atom is -0.347 e. The molecule has 0 aliphatic rings. The number of amidine groups is 1. The Bertz CT molecular complexity index is 968. The van der Waals surface area contributed by atoms with E-state index in [1.165, 1.54) is 4.88 Å². The van der Waals surface area contributed by atoms with E-state index in [9.17, 15) is 0 Å². The molecule has 7 heteroatoms. The molecule has 140 valence electrons. The SMILES string of the molecule is CC/C=C/NC(=NCc1csc(C)n1)c1cc(-c2ncc(C)s2)cnc1C. The fraction of sp³-hybridized carbons (Fsp3) is 0.300. The van der Waals surface area contributed by atoms with E-state index in [2.05, 4.69) is 51.6 Å². The standard InChI is InChI=1S/C20H23N5S2/c1-5-6-7-21-19(23-11-17-12-26-15(4)25-17)18-8-16(10-22-14(18)3)20-24-9-13(2)27-20/h6-10,12H,5,11H2,1-4H3,(H,21,23)/b7-6+. The Morgan fingerprint density at radius 3 is 2.74 bits per heavy atom. The van der Waals surface area contributed by atoms with Crippen molar-refractivity contribution in [1.82, 2.24) is 20.3 Å². The second-order valence-electron chi connectivity index (χ2n) is 6.11. The van der Waals surface area contributed by atoms with Gasteiger partial charge in [0.25, 0.3) is 0 Å². The first-order valence-electron chi connectivity index (χ1n) is 8.83. The number of nitrogens with one attached hydrogen (secondary N) is 1. The molecule has 3 aromatic heterocycles. The molecule has 0 unspecified atom stereocenters. The molecule has 3 aromatic rings. The van der Waals surface area contributed by atoms with Crippen molar-refractivity contribution < 1.29 is 0 Å². The summed E-state index contributed by atoms with van der Waals surface area (Å²) >= 11 is 3.31. The third kappa shape index (κ3) is 5.08. The Morgan fingerprint density at radius 2 is 2.07 bits per heavy atom. The molecule has 27 heavy (non-hydrogen) atoms. The average Bonchev–Trinajstić information content (AvgIpc) is 3.27. The first-order chi connectivity index (χ1) is 13.1. The van der Waals surface area contributed by atoms with Crippen LogP contribution in [0.3, 0.4) is 0 Å². The van der Waals surface area contributed by atoms with Crippen LogP contribution in [-0.2, 0) is 6.54 Å². The van der Waals surface area contributed by atoms with E-state index in [-0.39, 0.29) is 0 Å². The zero-order valence-corrected chi connectivity index (χ0v) is 17.6. The molecule has 0 bridgehead atoms. The zero-order valence-electron chi connectivity index (χ0n) is 16.0. The normalized spacial score (nSPS) is 12.1. The van der Waals surface area contributed by atoms with Crippen LogP contribution in [0.15, 0.2) is 41.1 Å². The summed E-state index contributed by atoms with van der Waals surface area (Å²) in [6.07, 6.45) is 8.73. The van der Waals surface area contributed by atoms with E-state index in [1.54, 1.807) is 22.7 Å². The van der Waals surface area contributed by atoms with Gasteiger partial charge in [0.05, 0.1) is 17.2 Å². The molecule has 0 saturated carbocycles. The number of hydrogen-bond donors (Lipinski definition) is 1. The van der Waals surface area contributed by atoms with Gasteiger partial charge in [0.2, 0.25) is 0 Å². The molecule has 0 fully saturated rings.